The second-order valence-electron chi connectivity index (χ2n) is 5.59. The van der Waals surface area contributed by atoms with Crippen molar-refractivity contribution < 1.29 is 4.42 Å². The van der Waals surface area contributed by atoms with Crippen molar-refractivity contribution in [1.82, 2.24) is 15.1 Å². The van der Waals surface area contributed by atoms with Crippen molar-refractivity contribution in [2.24, 2.45) is 0 Å². The molecule has 2 aromatic heterocycles. The third kappa shape index (κ3) is 3.05. The fraction of sp³-hybridized carbons (Fsp3) is 0.588. The standard InChI is InChI=1S/C17H27N3O/c1-7-14-9-15(20(8-2)19-14)10-16(18-6)17-11(3)12(4)21-13(17)5/h9,16,18H,7-8,10H2,1-6H3. The Morgan fingerprint density at radius 1 is 1.24 bits per heavy atom. The average Bonchev–Trinajstić information content (AvgIpc) is 2.98. The van der Waals surface area contributed by atoms with Gasteiger partial charge in [-0.05, 0) is 52.8 Å². The van der Waals surface area contributed by atoms with E-state index in [1.807, 2.05) is 20.9 Å². The van der Waals surface area contributed by atoms with Gasteiger partial charge in [-0.25, -0.2) is 0 Å². The molecule has 0 aliphatic carbocycles. The van der Waals surface area contributed by atoms with Crippen molar-refractivity contribution in [2.75, 3.05) is 7.05 Å². The summed E-state index contributed by atoms with van der Waals surface area (Å²) >= 11 is 0. The number of nitrogens with one attached hydrogen (secondary N) is 1. The molecule has 4 heteroatoms. The summed E-state index contributed by atoms with van der Waals surface area (Å²) in [6, 6.07) is 2.49. The van der Waals surface area contributed by atoms with Gasteiger partial charge in [0.05, 0.1) is 5.69 Å². The molecule has 0 fully saturated rings. The molecule has 0 aliphatic heterocycles. The molecular formula is C17H27N3O. The third-order valence-electron chi connectivity index (χ3n) is 4.30. The lowest BCUT2D eigenvalue weighted by atomic mass is 9.98. The van der Waals surface area contributed by atoms with Crippen LogP contribution in [0.15, 0.2) is 10.5 Å². The number of nitrogens with zero attached hydrogens (tertiary/aromatic N) is 2. The smallest absolute Gasteiger partial charge is 0.106 e. The number of hydrogen-bond acceptors (Lipinski definition) is 3. The zero-order valence-electron chi connectivity index (χ0n) is 14.1. The maximum absolute atomic E-state index is 5.79. The Bertz CT molecular complexity index is 610. The van der Waals surface area contributed by atoms with Gasteiger partial charge in [-0.15, -0.1) is 0 Å². The van der Waals surface area contributed by atoms with Crippen molar-refractivity contribution in [2.45, 2.75) is 60.0 Å². The van der Waals surface area contributed by atoms with E-state index in [0.29, 0.717) is 0 Å². The summed E-state index contributed by atoms with van der Waals surface area (Å²) in [4.78, 5) is 0. The molecule has 116 valence electrons. The van der Waals surface area contributed by atoms with E-state index in [2.05, 4.69) is 41.9 Å². The summed E-state index contributed by atoms with van der Waals surface area (Å²) in [5.74, 6) is 2.03. The first-order valence-corrected chi connectivity index (χ1v) is 7.81. The van der Waals surface area contributed by atoms with E-state index < -0.39 is 0 Å². The van der Waals surface area contributed by atoms with Crippen LogP contribution in [0.3, 0.4) is 0 Å². The minimum atomic E-state index is 0.258. The molecule has 0 saturated carbocycles. The zero-order chi connectivity index (χ0) is 15.6. The van der Waals surface area contributed by atoms with E-state index in [0.717, 1.165) is 30.9 Å². The highest BCUT2D eigenvalue weighted by atomic mass is 16.3. The maximum Gasteiger partial charge on any atom is 0.106 e. The Balaban J connectivity index is 2.33. The summed E-state index contributed by atoms with van der Waals surface area (Å²) in [7, 11) is 2.01. The quantitative estimate of drug-likeness (QED) is 0.885. The van der Waals surface area contributed by atoms with Crippen LogP contribution in [0.5, 0.6) is 0 Å². The van der Waals surface area contributed by atoms with Crippen LogP contribution in [0.4, 0.5) is 0 Å². The van der Waals surface area contributed by atoms with Gasteiger partial charge in [-0.2, -0.15) is 5.10 Å². The summed E-state index contributed by atoms with van der Waals surface area (Å²) < 4.78 is 7.90. The van der Waals surface area contributed by atoms with Crippen molar-refractivity contribution in [1.29, 1.82) is 0 Å². The Labute approximate surface area is 127 Å². The van der Waals surface area contributed by atoms with E-state index in [4.69, 9.17) is 4.42 Å². The molecule has 0 amide bonds. The van der Waals surface area contributed by atoms with Crippen LogP contribution < -0.4 is 5.32 Å². The molecule has 1 unspecified atom stereocenters. The predicted octanol–water partition coefficient (Wildman–Crippen LogP) is 3.49. The Morgan fingerprint density at radius 2 is 1.95 bits per heavy atom. The number of rotatable bonds is 6. The lowest BCUT2D eigenvalue weighted by Crippen LogP contribution is -2.21. The van der Waals surface area contributed by atoms with Gasteiger partial charge in [0.15, 0.2) is 0 Å². The van der Waals surface area contributed by atoms with Gasteiger partial charge in [-0.3, -0.25) is 4.68 Å². The molecule has 0 aliphatic rings. The highest BCUT2D eigenvalue weighted by Crippen LogP contribution is 2.29. The number of likely N-dealkylation sites (N-methyl/N-ethyl adjacent to an activating group) is 1. The molecule has 0 saturated heterocycles. The topological polar surface area (TPSA) is 43.0 Å². The largest absolute Gasteiger partial charge is 0.466 e. The lowest BCUT2D eigenvalue weighted by Gasteiger charge is -2.17. The van der Waals surface area contributed by atoms with Gasteiger partial charge in [0.25, 0.3) is 0 Å². The van der Waals surface area contributed by atoms with Gasteiger partial charge in [-0.1, -0.05) is 6.92 Å². The van der Waals surface area contributed by atoms with Gasteiger partial charge in [0.1, 0.15) is 11.5 Å². The molecule has 1 N–H and O–H groups in total. The second kappa shape index (κ2) is 6.48. The highest BCUT2D eigenvalue weighted by Gasteiger charge is 2.21. The van der Waals surface area contributed by atoms with Crippen molar-refractivity contribution in [3.8, 4) is 0 Å². The summed E-state index contributed by atoms with van der Waals surface area (Å²) in [5.41, 5.74) is 4.99. The minimum absolute atomic E-state index is 0.258. The summed E-state index contributed by atoms with van der Waals surface area (Å²) in [5, 5.41) is 8.08. The molecule has 0 bridgehead atoms. The SMILES string of the molecule is CCc1cc(CC(NC)c2c(C)oc(C)c2C)n(CC)n1. The molecule has 0 spiro atoms. The van der Waals surface area contributed by atoms with Crippen molar-refractivity contribution in [3.05, 3.63) is 40.1 Å². The first-order valence-electron chi connectivity index (χ1n) is 7.81. The molecule has 2 aromatic rings. The molecule has 0 aromatic carbocycles. The second-order valence-corrected chi connectivity index (χ2v) is 5.59. The average molecular weight is 289 g/mol. The lowest BCUT2D eigenvalue weighted by molar-refractivity contribution is 0.485. The van der Waals surface area contributed by atoms with Crippen molar-refractivity contribution >= 4 is 0 Å². The number of aromatic nitrogens is 2. The predicted molar refractivity (Wildman–Crippen MR) is 85.7 cm³/mol. The molecule has 0 radical (unpaired) electrons. The van der Waals surface area contributed by atoms with Crippen LogP contribution in [-0.2, 0) is 19.4 Å². The van der Waals surface area contributed by atoms with E-state index >= 15 is 0 Å². The normalized spacial score (nSPS) is 12.9. The van der Waals surface area contributed by atoms with E-state index in [1.165, 1.54) is 22.5 Å². The van der Waals surface area contributed by atoms with Crippen LogP contribution in [0.1, 0.15) is 53.9 Å². The molecule has 1 atom stereocenters. The minimum Gasteiger partial charge on any atom is -0.466 e. The first-order chi connectivity index (χ1) is 10.0. The maximum atomic E-state index is 5.79. The summed E-state index contributed by atoms with van der Waals surface area (Å²) in [6.07, 6.45) is 1.91. The van der Waals surface area contributed by atoms with Gasteiger partial charge in [0.2, 0.25) is 0 Å². The van der Waals surface area contributed by atoms with Crippen LogP contribution in [0, 0.1) is 20.8 Å². The number of hydrogen-bond donors (Lipinski definition) is 1. The molecule has 21 heavy (non-hydrogen) atoms. The zero-order valence-corrected chi connectivity index (χ0v) is 14.1. The van der Waals surface area contributed by atoms with Crippen LogP contribution in [0.2, 0.25) is 0 Å². The number of furan rings is 1. The first kappa shape index (κ1) is 15.8. The van der Waals surface area contributed by atoms with Crippen LogP contribution in [-0.4, -0.2) is 16.8 Å². The Kier molecular flexibility index (Phi) is 4.88. The molecule has 4 nitrogen and oxygen atoms in total. The Hall–Kier alpha value is -1.55. The van der Waals surface area contributed by atoms with Crippen LogP contribution >= 0.6 is 0 Å². The van der Waals surface area contributed by atoms with Gasteiger partial charge < -0.3 is 9.73 Å². The molecule has 2 heterocycles. The molecule has 2 rings (SSSR count). The van der Waals surface area contributed by atoms with Crippen LogP contribution in [0.25, 0.3) is 0 Å². The van der Waals surface area contributed by atoms with E-state index in [-0.39, 0.29) is 6.04 Å². The number of aryl methyl sites for hydroxylation is 4. The summed E-state index contributed by atoms with van der Waals surface area (Å²) in [6.45, 7) is 11.4. The van der Waals surface area contributed by atoms with Crippen molar-refractivity contribution in [3.63, 3.8) is 0 Å². The highest BCUT2D eigenvalue weighted by molar-refractivity contribution is 5.35. The fourth-order valence-corrected chi connectivity index (χ4v) is 3.01. The fourth-order valence-electron chi connectivity index (χ4n) is 3.01. The Morgan fingerprint density at radius 3 is 2.43 bits per heavy atom. The third-order valence-corrected chi connectivity index (χ3v) is 4.30. The van der Waals surface area contributed by atoms with Gasteiger partial charge >= 0.3 is 0 Å². The molecular weight excluding hydrogens is 262 g/mol. The van der Waals surface area contributed by atoms with Gasteiger partial charge in [0, 0.05) is 30.3 Å². The monoisotopic (exact) mass is 289 g/mol. The van der Waals surface area contributed by atoms with E-state index in [1.54, 1.807) is 0 Å². The van der Waals surface area contributed by atoms with E-state index in [9.17, 15) is 0 Å².